The summed E-state index contributed by atoms with van der Waals surface area (Å²) < 4.78 is 17.7. The molecule has 0 aliphatic rings. The Morgan fingerprint density at radius 2 is 2.12 bits per heavy atom. The lowest BCUT2D eigenvalue weighted by molar-refractivity contribution is 0.339. The van der Waals surface area contributed by atoms with Crippen LogP contribution in [0.4, 0.5) is 5.69 Å². The van der Waals surface area contributed by atoms with Crippen molar-refractivity contribution < 1.29 is 8.95 Å². The first kappa shape index (κ1) is 14.0. The summed E-state index contributed by atoms with van der Waals surface area (Å²) in [4.78, 5) is 0.692. The van der Waals surface area contributed by atoms with Crippen molar-refractivity contribution in [2.45, 2.75) is 43.8 Å². The Kier molecular flexibility index (Phi) is 5.48. The molecule has 2 unspecified atom stereocenters. The number of rotatable bonds is 6. The first-order valence-corrected chi connectivity index (χ1v) is 7.24. The molecule has 0 aliphatic heterocycles. The summed E-state index contributed by atoms with van der Waals surface area (Å²) >= 11 is 0. The molecule has 0 spiro atoms. The van der Waals surface area contributed by atoms with Gasteiger partial charge in [0.2, 0.25) is 0 Å². The van der Waals surface area contributed by atoms with E-state index < -0.39 is 10.8 Å². The van der Waals surface area contributed by atoms with Gasteiger partial charge < -0.3 is 10.5 Å². The fourth-order valence-electron chi connectivity index (χ4n) is 1.68. The van der Waals surface area contributed by atoms with Crippen LogP contribution in [0.3, 0.4) is 0 Å². The molecule has 1 aromatic rings. The molecule has 1 aromatic carbocycles. The third-order valence-electron chi connectivity index (χ3n) is 2.57. The van der Waals surface area contributed by atoms with E-state index in [2.05, 4.69) is 6.92 Å². The molecule has 3 nitrogen and oxygen atoms in total. The Bertz CT molecular complexity index is 393. The van der Waals surface area contributed by atoms with Crippen LogP contribution in [-0.2, 0) is 10.8 Å². The van der Waals surface area contributed by atoms with E-state index in [9.17, 15) is 4.21 Å². The van der Waals surface area contributed by atoms with Gasteiger partial charge in [-0.3, -0.25) is 4.21 Å². The summed E-state index contributed by atoms with van der Waals surface area (Å²) in [5.41, 5.74) is 6.45. The van der Waals surface area contributed by atoms with Crippen molar-refractivity contribution in [2.24, 2.45) is 0 Å². The van der Waals surface area contributed by atoms with Crippen molar-refractivity contribution >= 4 is 16.5 Å². The summed E-state index contributed by atoms with van der Waals surface area (Å²) in [5.74, 6) is 0.730. The second-order valence-corrected chi connectivity index (χ2v) is 5.87. The molecule has 2 N–H and O–H groups in total. The SMILES string of the molecule is CCCC(C)S(=O)c1cc(OCC)ccc1N. The second-order valence-electron chi connectivity index (χ2n) is 4.03. The molecule has 0 bridgehead atoms. The molecule has 1 rings (SSSR count). The van der Waals surface area contributed by atoms with Gasteiger partial charge in [0, 0.05) is 10.9 Å². The van der Waals surface area contributed by atoms with Crippen molar-refractivity contribution in [1.29, 1.82) is 0 Å². The lowest BCUT2D eigenvalue weighted by atomic mass is 10.3. The fraction of sp³-hybridized carbons (Fsp3) is 0.538. The molecular weight excluding hydrogens is 234 g/mol. The number of anilines is 1. The van der Waals surface area contributed by atoms with Crippen molar-refractivity contribution in [3.63, 3.8) is 0 Å². The zero-order chi connectivity index (χ0) is 12.8. The maximum absolute atomic E-state index is 12.3. The molecule has 0 aromatic heterocycles. The maximum Gasteiger partial charge on any atom is 0.120 e. The van der Waals surface area contributed by atoms with E-state index in [1.165, 1.54) is 0 Å². The monoisotopic (exact) mass is 255 g/mol. The van der Waals surface area contributed by atoms with Crippen LogP contribution >= 0.6 is 0 Å². The number of nitrogen functional groups attached to an aromatic ring is 1. The van der Waals surface area contributed by atoms with E-state index in [-0.39, 0.29) is 5.25 Å². The van der Waals surface area contributed by atoms with Gasteiger partial charge in [-0.15, -0.1) is 0 Å². The van der Waals surface area contributed by atoms with Crippen LogP contribution in [0.15, 0.2) is 23.1 Å². The van der Waals surface area contributed by atoms with Crippen LogP contribution < -0.4 is 10.5 Å². The summed E-state index contributed by atoms with van der Waals surface area (Å²) in [5, 5.41) is 0.124. The third kappa shape index (κ3) is 3.73. The number of benzene rings is 1. The van der Waals surface area contributed by atoms with Crippen LogP contribution in [0.1, 0.15) is 33.6 Å². The minimum atomic E-state index is -1.06. The van der Waals surface area contributed by atoms with Crippen molar-refractivity contribution in [3.05, 3.63) is 18.2 Å². The summed E-state index contributed by atoms with van der Waals surface area (Å²) in [6.45, 7) is 6.60. The first-order valence-electron chi connectivity index (χ1n) is 6.03. The first-order chi connectivity index (χ1) is 8.10. The van der Waals surface area contributed by atoms with Crippen LogP contribution in [0.5, 0.6) is 5.75 Å². The van der Waals surface area contributed by atoms with Crippen molar-refractivity contribution in [2.75, 3.05) is 12.3 Å². The molecule has 0 saturated heterocycles. The Morgan fingerprint density at radius 3 is 2.71 bits per heavy atom. The summed E-state index contributed by atoms with van der Waals surface area (Å²) in [6.07, 6.45) is 1.96. The molecule has 0 fully saturated rings. The normalized spacial score (nSPS) is 14.3. The largest absolute Gasteiger partial charge is 0.494 e. The van der Waals surface area contributed by atoms with E-state index in [4.69, 9.17) is 10.5 Å². The molecule has 17 heavy (non-hydrogen) atoms. The fourth-order valence-corrected chi connectivity index (χ4v) is 3.09. The number of ether oxygens (including phenoxy) is 1. The predicted octanol–water partition coefficient (Wildman–Crippen LogP) is 2.96. The number of hydrogen-bond donors (Lipinski definition) is 1. The topological polar surface area (TPSA) is 52.3 Å². The third-order valence-corrected chi connectivity index (χ3v) is 4.33. The highest BCUT2D eigenvalue weighted by atomic mass is 32.2. The zero-order valence-corrected chi connectivity index (χ0v) is 11.5. The molecule has 0 amide bonds. The van der Waals surface area contributed by atoms with Gasteiger partial charge in [-0.25, -0.2) is 0 Å². The van der Waals surface area contributed by atoms with Crippen LogP contribution in [-0.4, -0.2) is 16.1 Å². The molecule has 96 valence electrons. The van der Waals surface area contributed by atoms with E-state index in [1.807, 2.05) is 19.9 Å². The average Bonchev–Trinajstić information content (AvgIpc) is 2.31. The van der Waals surface area contributed by atoms with Gasteiger partial charge >= 0.3 is 0 Å². The van der Waals surface area contributed by atoms with Crippen molar-refractivity contribution in [3.8, 4) is 5.75 Å². The van der Waals surface area contributed by atoms with Gasteiger partial charge in [0.25, 0.3) is 0 Å². The number of hydrogen-bond acceptors (Lipinski definition) is 3. The standard InChI is InChI=1S/C13H21NO2S/c1-4-6-10(3)17(15)13-9-11(16-5-2)7-8-12(13)14/h7-10H,4-6,14H2,1-3H3. The average molecular weight is 255 g/mol. The predicted molar refractivity (Wildman–Crippen MR) is 72.8 cm³/mol. The lowest BCUT2D eigenvalue weighted by Gasteiger charge is -2.13. The van der Waals surface area contributed by atoms with Crippen LogP contribution in [0.25, 0.3) is 0 Å². The van der Waals surface area contributed by atoms with E-state index in [0.29, 0.717) is 17.2 Å². The molecule has 0 radical (unpaired) electrons. The minimum Gasteiger partial charge on any atom is -0.494 e. The van der Waals surface area contributed by atoms with Crippen molar-refractivity contribution in [1.82, 2.24) is 0 Å². The molecule has 4 heteroatoms. The van der Waals surface area contributed by atoms with E-state index >= 15 is 0 Å². The van der Waals surface area contributed by atoms with Crippen LogP contribution in [0, 0.1) is 0 Å². The molecular formula is C13H21NO2S. The van der Waals surface area contributed by atoms with Gasteiger partial charge in [0.05, 0.1) is 22.3 Å². The Balaban J connectivity index is 2.95. The maximum atomic E-state index is 12.3. The van der Waals surface area contributed by atoms with Gasteiger partial charge in [-0.05, 0) is 31.5 Å². The van der Waals surface area contributed by atoms with Crippen LogP contribution in [0.2, 0.25) is 0 Å². The summed E-state index contributed by atoms with van der Waals surface area (Å²) in [7, 11) is -1.06. The van der Waals surface area contributed by atoms with Gasteiger partial charge in [-0.1, -0.05) is 20.3 Å². The molecule has 0 aliphatic carbocycles. The minimum absolute atomic E-state index is 0.124. The van der Waals surface area contributed by atoms with Gasteiger partial charge in [0.15, 0.2) is 0 Å². The Morgan fingerprint density at radius 1 is 1.41 bits per heavy atom. The Hall–Kier alpha value is -1.03. The molecule has 2 atom stereocenters. The quantitative estimate of drug-likeness (QED) is 0.795. The van der Waals surface area contributed by atoms with E-state index in [0.717, 1.165) is 18.6 Å². The summed E-state index contributed by atoms with van der Waals surface area (Å²) in [6, 6.07) is 5.36. The highest BCUT2D eigenvalue weighted by Gasteiger charge is 2.16. The number of nitrogens with two attached hydrogens (primary N) is 1. The molecule has 0 heterocycles. The molecule has 0 saturated carbocycles. The highest BCUT2D eigenvalue weighted by molar-refractivity contribution is 7.85. The van der Waals surface area contributed by atoms with Gasteiger partial charge in [-0.2, -0.15) is 0 Å². The van der Waals surface area contributed by atoms with Gasteiger partial charge in [0.1, 0.15) is 5.75 Å². The van der Waals surface area contributed by atoms with E-state index in [1.54, 1.807) is 12.1 Å². The lowest BCUT2D eigenvalue weighted by Crippen LogP contribution is -2.12. The Labute approximate surface area is 106 Å². The smallest absolute Gasteiger partial charge is 0.120 e. The zero-order valence-electron chi connectivity index (χ0n) is 10.7. The highest BCUT2D eigenvalue weighted by Crippen LogP contribution is 2.25. The second kappa shape index (κ2) is 6.64.